The number of piperidine rings is 1. The molecule has 0 saturated carbocycles. The van der Waals surface area contributed by atoms with E-state index in [0.717, 1.165) is 25.2 Å². The molecule has 3 amide bonds. The molecule has 178 valence electrons. The van der Waals surface area contributed by atoms with E-state index in [1.165, 1.54) is 19.3 Å². The maximum Gasteiger partial charge on any atom is 0.319 e. The molecule has 0 radical (unpaired) electrons. The van der Waals surface area contributed by atoms with Gasteiger partial charge >= 0.3 is 6.03 Å². The Balaban J connectivity index is 1.50. The highest BCUT2D eigenvalue weighted by Gasteiger charge is 2.18. The van der Waals surface area contributed by atoms with Crippen molar-refractivity contribution in [1.82, 2.24) is 15.2 Å². The van der Waals surface area contributed by atoms with E-state index < -0.39 is 5.91 Å². The Morgan fingerprint density at radius 2 is 1.71 bits per heavy atom. The zero-order chi connectivity index (χ0) is 24.1. The number of nitrogens with one attached hydrogen (secondary N) is 3. The summed E-state index contributed by atoms with van der Waals surface area (Å²) < 4.78 is 0. The lowest BCUT2D eigenvalue weighted by molar-refractivity contribution is 0.102. The highest BCUT2D eigenvalue weighted by Crippen LogP contribution is 2.31. The molecule has 9 heteroatoms. The minimum absolute atomic E-state index is 0.196. The van der Waals surface area contributed by atoms with Gasteiger partial charge in [-0.15, -0.1) is 0 Å². The maximum atomic E-state index is 12.9. The largest absolute Gasteiger partial charge is 0.337 e. The third kappa shape index (κ3) is 5.60. The highest BCUT2D eigenvalue weighted by atomic mass is 35.5. The van der Waals surface area contributed by atoms with Crippen LogP contribution < -0.4 is 16.0 Å². The number of aromatic nitrogens is 1. The highest BCUT2D eigenvalue weighted by molar-refractivity contribution is 6.40. The van der Waals surface area contributed by atoms with E-state index in [4.69, 9.17) is 23.2 Å². The number of rotatable bonds is 6. The van der Waals surface area contributed by atoms with Crippen LogP contribution >= 0.6 is 23.2 Å². The molecule has 0 spiro atoms. The lowest BCUT2D eigenvalue weighted by Gasteiger charge is -2.26. The standard InChI is InChI=1S/C25H27Cl2N5O2/c1-16-15-29-23-17(22(16)31-25(34)28-11-14-32-12-3-2-4-13-32)7-5-10-20(23)30-24(33)21-18(26)8-6-9-19(21)27/h5-10,15H,2-4,11-14H2,1H3,(H,30,33)(H2,28,29,31,34). The minimum atomic E-state index is -0.435. The normalized spacial score (nSPS) is 14.1. The number of hydrogen-bond acceptors (Lipinski definition) is 4. The number of aryl methyl sites for hydroxylation is 1. The Kier molecular flexibility index (Phi) is 7.88. The number of anilines is 2. The fourth-order valence-corrected chi connectivity index (χ4v) is 4.73. The van der Waals surface area contributed by atoms with Gasteiger partial charge < -0.3 is 20.9 Å². The van der Waals surface area contributed by atoms with Gasteiger partial charge in [0.25, 0.3) is 5.91 Å². The predicted molar refractivity (Wildman–Crippen MR) is 138 cm³/mol. The molecule has 34 heavy (non-hydrogen) atoms. The van der Waals surface area contributed by atoms with Crippen molar-refractivity contribution in [3.63, 3.8) is 0 Å². The van der Waals surface area contributed by atoms with Crippen LogP contribution in [-0.4, -0.2) is 48.0 Å². The molecule has 7 nitrogen and oxygen atoms in total. The van der Waals surface area contributed by atoms with Crippen molar-refractivity contribution in [2.45, 2.75) is 26.2 Å². The number of pyridine rings is 1. The van der Waals surface area contributed by atoms with Crippen molar-refractivity contribution in [3.05, 3.63) is 63.8 Å². The van der Waals surface area contributed by atoms with Crippen molar-refractivity contribution in [3.8, 4) is 0 Å². The van der Waals surface area contributed by atoms with Gasteiger partial charge in [-0.3, -0.25) is 9.78 Å². The Morgan fingerprint density at radius 3 is 2.44 bits per heavy atom. The summed E-state index contributed by atoms with van der Waals surface area (Å²) in [4.78, 5) is 32.4. The van der Waals surface area contributed by atoms with Crippen LogP contribution in [0.3, 0.4) is 0 Å². The van der Waals surface area contributed by atoms with Gasteiger partial charge in [-0.1, -0.05) is 47.8 Å². The van der Waals surface area contributed by atoms with Gasteiger partial charge in [0.05, 0.1) is 32.5 Å². The number of nitrogens with zero attached hydrogens (tertiary/aromatic N) is 2. The molecule has 2 aromatic carbocycles. The average molecular weight is 500 g/mol. The van der Waals surface area contributed by atoms with E-state index in [0.29, 0.717) is 28.8 Å². The van der Waals surface area contributed by atoms with Crippen LogP contribution in [0, 0.1) is 6.92 Å². The van der Waals surface area contributed by atoms with Crippen LogP contribution in [-0.2, 0) is 0 Å². The average Bonchev–Trinajstić information content (AvgIpc) is 2.82. The molecule has 1 aliphatic rings. The SMILES string of the molecule is Cc1cnc2c(NC(=O)c3c(Cl)cccc3Cl)cccc2c1NC(=O)NCCN1CCCCC1. The number of amides is 3. The molecule has 0 aliphatic carbocycles. The molecule has 1 aliphatic heterocycles. The molecule has 1 saturated heterocycles. The molecular weight excluding hydrogens is 473 g/mol. The number of para-hydroxylation sites is 1. The number of fused-ring (bicyclic) bond motifs is 1. The zero-order valence-corrected chi connectivity index (χ0v) is 20.5. The molecule has 0 unspecified atom stereocenters. The Bertz CT molecular complexity index is 1190. The first-order valence-electron chi connectivity index (χ1n) is 11.3. The van der Waals surface area contributed by atoms with Crippen LogP contribution in [0.15, 0.2) is 42.6 Å². The van der Waals surface area contributed by atoms with Gasteiger partial charge in [0.15, 0.2) is 0 Å². The summed E-state index contributed by atoms with van der Waals surface area (Å²) in [6, 6.07) is 10.0. The van der Waals surface area contributed by atoms with Gasteiger partial charge in [-0.05, 0) is 56.6 Å². The first-order valence-corrected chi connectivity index (χ1v) is 12.1. The molecular formula is C25H27Cl2N5O2. The third-order valence-corrected chi connectivity index (χ3v) is 6.56. The summed E-state index contributed by atoms with van der Waals surface area (Å²) in [5, 5.41) is 9.99. The van der Waals surface area contributed by atoms with Crippen molar-refractivity contribution in [1.29, 1.82) is 0 Å². The quantitative estimate of drug-likeness (QED) is 0.405. The number of carbonyl (C=O) groups excluding carboxylic acids is 2. The van der Waals surface area contributed by atoms with Crippen molar-refractivity contribution in [2.24, 2.45) is 0 Å². The molecule has 3 aromatic rings. The van der Waals surface area contributed by atoms with Crippen LogP contribution in [0.4, 0.5) is 16.2 Å². The first-order chi connectivity index (χ1) is 16.4. The van der Waals surface area contributed by atoms with Gasteiger partial charge in [0.1, 0.15) is 0 Å². The Morgan fingerprint density at radius 1 is 1.00 bits per heavy atom. The van der Waals surface area contributed by atoms with Crippen LogP contribution in [0.1, 0.15) is 35.2 Å². The minimum Gasteiger partial charge on any atom is -0.337 e. The molecule has 0 bridgehead atoms. The summed E-state index contributed by atoms with van der Waals surface area (Å²) in [7, 11) is 0. The lowest BCUT2D eigenvalue weighted by atomic mass is 10.1. The third-order valence-electron chi connectivity index (χ3n) is 5.93. The number of hydrogen-bond donors (Lipinski definition) is 3. The monoisotopic (exact) mass is 499 g/mol. The van der Waals surface area contributed by atoms with Gasteiger partial charge in [-0.25, -0.2) is 4.79 Å². The van der Waals surface area contributed by atoms with Gasteiger partial charge in [-0.2, -0.15) is 0 Å². The Labute approximate surface area is 208 Å². The lowest BCUT2D eigenvalue weighted by Crippen LogP contribution is -2.39. The molecule has 4 rings (SSSR count). The summed E-state index contributed by atoms with van der Waals surface area (Å²) in [5.74, 6) is -0.435. The summed E-state index contributed by atoms with van der Waals surface area (Å²) in [5.41, 5.74) is 2.70. The maximum absolute atomic E-state index is 12.9. The number of halogens is 2. The Hall–Kier alpha value is -2.87. The smallest absolute Gasteiger partial charge is 0.319 e. The first kappa shape index (κ1) is 24.3. The van der Waals surface area contributed by atoms with E-state index in [1.54, 1.807) is 36.5 Å². The van der Waals surface area contributed by atoms with Crippen LogP contribution in [0.25, 0.3) is 10.9 Å². The number of carbonyl (C=O) groups is 2. The molecule has 0 atom stereocenters. The fraction of sp³-hybridized carbons (Fsp3) is 0.320. The second-order valence-corrected chi connectivity index (χ2v) is 9.17. The van der Waals surface area contributed by atoms with Crippen LogP contribution in [0.2, 0.25) is 10.0 Å². The van der Waals surface area contributed by atoms with E-state index in [-0.39, 0.29) is 21.6 Å². The van der Waals surface area contributed by atoms with Gasteiger partial charge in [0.2, 0.25) is 0 Å². The predicted octanol–water partition coefficient (Wildman–Crippen LogP) is 5.71. The molecule has 3 N–H and O–H groups in total. The summed E-state index contributed by atoms with van der Waals surface area (Å²) >= 11 is 12.4. The van der Waals surface area contributed by atoms with E-state index in [2.05, 4.69) is 25.8 Å². The zero-order valence-electron chi connectivity index (χ0n) is 19.0. The number of benzene rings is 2. The van der Waals surface area contributed by atoms with E-state index in [9.17, 15) is 9.59 Å². The molecule has 2 heterocycles. The van der Waals surface area contributed by atoms with Crippen molar-refractivity contribution >= 4 is 57.4 Å². The van der Waals surface area contributed by atoms with E-state index >= 15 is 0 Å². The van der Waals surface area contributed by atoms with E-state index in [1.807, 2.05) is 13.0 Å². The van der Waals surface area contributed by atoms with Crippen molar-refractivity contribution in [2.75, 3.05) is 36.8 Å². The topological polar surface area (TPSA) is 86.4 Å². The summed E-state index contributed by atoms with van der Waals surface area (Å²) in [6.45, 7) is 5.47. The summed E-state index contributed by atoms with van der Waals surface area (Å²) in [6.07, 6.45) is 5.39. The molecule has 1 fully saturated rings. The van der Waals surface area contributed by atoms with Crippen LogP contribution in [0.5, 0.6) is 0 Å². The second kappa shape index (κ2) is 11.0. The fourth-order valence-electron chi connectivity index (χ4n) is 4.16. The number of likely N-dealkylation sites (tertiary alicyclic amines) is 1. The van der Waals surface area contributed by atoms with Gasteiger partial charge in [0, 0.05) is 24.7 Å². The second-order valence-electron chi connectivity index (χ2n) is 8.35. The number of urea groups is 1. The molecule has 1 aromatic heterocycles. The van der Waals surface area contributed by atoms with Crippen molar-refractivity contribution < 1.29 is 9.59 Å².